The molecule has 2 heterocycles. The highest BCUT2D eigenvalue weighted by Gasteiger charge is 2.10. The minimum atomic E-state index is 0.861. The monoisotopic (exact) mass is 340 g/mol. The fraction of sp³-hybridized carbons (Fsp3) is 0.167. The molecule has 0 saturated carbocycles. The van der Waals surface area contributed by atoms with Crippen LogP contribution in [0.4, 0.5) is 0 Å². The predicted octanol–water partition coefficient (Wildman–Crippen LogP) is 6.66. The molecule has 0 radical (unpaired) electrons. The molecule has 0 unspecified atom stereocenters. The minimum absolute atomic E-state index is 0.861. The summed E-state index contributed by atoms with van der Waals surface area (Å²) in [5.41, 5.74) is 8.17. The van der Waals surface area contributed by atoms with E-state index in [0.717, 1.165) is 57.8 Å². The Morgan fingerprint density at radius 2 is 1.38 bits per heavy atom. The Morgan fingerprint density at radius 3 is 2.08 bits per heavy atom. The van der Waals surface area contributed by atoms with Crippen LogP contribution >= 0.6 is 0 Å². The summed E-state index contributed by atoms with van der Waals surface area (Å²) in [6.07, 6.45) is 3.65. The Morgan fingerprint density at radius 1 is 0.769 bits per heavy atom. The number of benzene rings is 1. The number of aromatic nitrogens is 2. The molecule has 1 aromatic carbocycles. The Bertz CT molecular complexity index is 939. The lowest BCUT2D eigenvalue weighted by molar-refractivity contribution is 1.20. The lowest BCUT2D eigenvalue weighted by Gasteiger charge is -2.11. The van der Waals surface area contributed by atoms with Crippen molar-refractivity contribution in [2.75, 3.05) is 0 Å². The second kappa shape index (κ2) is 7.92. The summed E-state index contributed by atoms with van der Waals surface area (Å²) >= 11 is 0. The molecule has 0 bridgehead atoms. The smallest absolute Gasteiger partial charge is 0.0899 e. The molecule has 0 atom stereocenters. The van der Waals surface area contributed by atoms with Gasteiger partial charge in [0.1, 0.15) is 0 Å². The van der Waals surface area contributed by atoms with Crippen LogP contribution in [-0.4, -0.2) is 9.97 Å². The van der Waals surface area contributed by atoms with E-state index < -0.39 is 0 Å². The summed E-state index contributed by atoms with van der Waals surface area (Å²) < 4.78 is 0. The highest BCUT2D eigenvalue weighted by molar-refractivity contribution is 5.75. The molecule has 3 aromatic rings. The summed E-state index contributed by atoms with van der Waals surface area (Å²) in [6.45, 7) is 12.6. The molecule has 0 saturated heterocycles. The van der Waals surface area contributed by atoms with Gasteiger partial charge in [-0.2, -0.15) is 0 Å². The third-order valence-electron chi connectivity index (χ3n) is 4.59. The number of pyridine rings is 2. The second-order valence-electron chi connectivity index (χ2n) is 6.34. The van der Waals surface area contributed by atoms with Gasteiger partial charge in [0.15, 0.2) is 0 Å². The molecular weight excluding hydrogens is 316 g/mol. The van der Waals surface area contributed by atoms with Crippen LogP contribution in [0.1, 0.15) is 37.8 Å². The molecule has 2 aromatic heterocycles. The summed E-state index contributed by atoms with van der Waals surface area (Å²) in [7, 11) is 0. The van der Waals surface area contributed by atoms with Crippen molar-refractivity contribution in [3.05, 3.63) is 85.1 Å². The highest BCUT2D eigenvalue weighted by atomic mass is 14.8. The van der Waals surface area contributed by atoms with Crippen LogP contribution in [0.15, 0.2) is 74.0 Å². The predicted molar refractivity (Wildman–Crippen MR) is 112 cm³/mol. The van der Waals surface area contributed by atoms with Crippen molar-refractivity contribution in [3.8, 4) is 22.6 Å². The standard InChI is InChI=1S/C24H24N2/c1-5-17(3)20-12-13-25-23(14-20)24-16-21(18(4)6-2)15-22(26-24)19-10-8-7-9-11-19/h7-16H,3-6H2,1-2H3. The summed E-state index contributed by atoms with van der Waals surface area (Å²) in [5.74, 6) is 0. The number of allylic oxidation sites excluding steroid dienone is 2. The molecule has 0 aliphatic rings. The molecule has 3 rings (SSSR count). The van der Waals surface area contributed by atoms with Crippen molar-refractivity contribution in [3.63, 3.8) is 0 Å². The van der Waals surface area contributed by atoms with Crippen LogP contribution in [-0.2, 0) is 0 Å². The average molecular weight is 340 g/mol. The van der Waals surface area contributed by atoms with Gasteiger partial charge in [0, 0.05) is 11.8 Å². The van der Waals surface area contributed by atoms with Gasteiger partial charge in [-0.1, -0.05) is 57.3 Å². The first-order valence-electron chi connectivity index (χ1n) is 9.02. The number of rotatable bonds is 6. The Kier molecular flexibility index (Phi) is 5.43. The normalized spacial score (nSPS) is 10.5. The van der Waals surface area contributed by atoms with Crippen LogP contribution in [0.25, 0.3) is 33.8 Å². The molecule has 0 amide bonds. The van der Waals surface area contributed by atoms with Crippen LogP contribution < -0.4 is 0 Å². The molecule has 0 aliphatic carbocycles. The van der Waals surface area contributed by atoms with Gasteiger partial charge in [-0.3, -0.25) is 4.98 Å². The van der Waals surface area contributed by atoms with E-state index in [4.69, 9.17) is 4.98 Å². The maximum atomic E-state index is 4.88. The van der Waals surface area contributed by atoms with E-state index in [9.17, 15) is 0 Å². The van der Waals surface area contributed by atoms with Gasteiger partial charge >= 0.3 is 0 Å². The highest BCUT2D eigenvalue weighted by Crippen LogP contribution is 2.29. The fourth-order valence-corrected chi connectivity index (χ4v) is 2.82. The van der Waals surface area contributed by atoms with Gasteiger partial charge in [-0.05, 0) is 59.4 Å². The Balaban J connectivity index is 2.15. The van der Waals surface area contributed by atoms with E-state index >= 15 is 0 Å². The van der Waals surface area contributed by atoms with E-state index in [1.165, 1.54) is 0 Å². The first kappa shape index (κ1) is 17.8. The van der Waals surface area contributed by atoms with Crippen molar-refractivity contribution in [2.45, 2.75) is 26.7 Å². The van der Waals surface area contributed by atoms with Crippen molar-refractivity contribution < 1.29 is 0 Å². The van der Waals surface area contributed by atoms with Crippen molar-refractivity contribution in [1.29, 1.82) is 0 Å². The zero-order valence-electron chi connectivity index (χ0n) is 15.5. The largest absolute Gasteiger partial charge is 0.255 e. The summed E-state index contributed by atoms with van der Waals surface area (Å²) in [5, 5.41) is 0. The molecule has 130 valence electrons. The number of hydrogen-bond donors (Lipinski definition) is 0. The number of hydrogen-bond acceptors (Lipinski definition) is 2. The summed E-state index contributed by atoms with van der Waals surface area (Å²) in [6, 6.07) is 18.5. The Labute approximate surface area is 156 Å². The van der Waals surface area contributed by atoms with Crippen LogP contribution in [0.3, 0.4) is 0 Å². The maximum Gasteiger partial charge on any atom is 0.0899 e. The molecule has 0 aliphatic heterocycles. The fourth-order valence-electron chi connectivity index (χ4n) is 2.82. The number of nitrogens with zero attached hydrogens (tertiary/aromatic N) is 2. The van der Waals surface area contributed by atoms with Gasteiger partial charge < -0.3 is 0 Å². The first-order valence-corrected chi connectivity index (χ1v) is 9.02. The topological polar surface area (TPSA) is 25.8 Å². The molecule has 26 heavy (non-hydrogen) atoms. The zero-order chi connectivity index (χ0) is 18.5. The Hall–Kier alpha value is -3.00. The lowest BCUT2D eigenvalue weighted by atomic mass is 10.00. The molecule has 0 N–H and O–H groups in total. The van der Waals surface area contributed by atoms with Gasteiger partial charge in [-0.25, -0.2) is 4.98 Å². The molecule has 0 spiro atoms. The van der Waals surface area contributed by atoms with Gasteiger partial charge in [0.05, 0.1) is 17.1 Å². The quantitative estimate of drug-likeness (QED) is 0.501. The van der Waals surface area contributed by atoms with Gasteiger partial charge in [0.25, 0.3) is 0 Å². The SMILES string of the molecule is C=C(CC)c1ccnc(-c2cc(C(=C)CC)cc(-c3ccccc3)n2)c1. The second-order valence-corrected chi connectivity index (χ2v) is 6.34. The third kappa shape index (κ3) is 3.80. The van der Waals surface area contributed by atoms with E-state index in [2.05, 4.69) is 62.3 Å². The maximum absolute atomic E-state index is 4.88. The zero-order valence-corrected chi connectivity index (χ0v) is 15.5. The van der Waals surface area contributed by atoms with E-state index in [0.29, 0.717) is 0 Å². The average Bonchev–Trinajstić information content (AvgIpc) is 2.73. The third-order valence-corrected chi connectivity index (χ3v) is 4.59. The molecular formula is C24H24N2. The van der Waals surface area contributed by atoms with E-state index in [1.807, 2.05) is 30.5 Å². The van der Waals surface area contributed by atoms with Crippen LogP contribution in [0.5, 0.6) is 0 Å². The molecule has 2 nitrogen and oxygen atoms in total. The first-order chi connectivity index (χ1) is 12.6. The minimum Gasteiger partial charge on any atom is -0.255 e. The summed E-state index contributed by atoms with van der Waals surface area (Å²) in [4.78, 5) is 9.44. The van der Waals surface area contributed by atoms with Crippen LogP contribution in [0, 0.1) is 0 Å². The van der Waals surface area contributed by atoms with Crippen LogP contribution in [0.2, 0.25) is 0 Å². The molecule has 2 heteroatoms. The van der Waals surface area contributed by atoms with Gasteiger partial charge in [-0.15, -0.1) is 0 Å². The van der Waals surface area contributed by atoms with E-state index in [1.54, 1.807) is 0 Å². The van der Waals surface area contributed by atoms with Gasteiger partial charge in [0.2, 0.25) is 0 Å². The van der Waals surface area contributed by atoms with Crippen molar-refractivity contribution in [1.82, 2.24) is 9.97 Å². The lowest BCUT2D eigenvalue weighted by Crippen LogP contribution is -1.95. The van der Waals surface area contributed by atoms with E-state index in [-0.39, 0.29) is 0 Å². The van der Waals surface area contributed by atoms with Crippen molar-refractivity contribution in [2.24, 2.45) is 0 Å². The molecule has 0 fully saturated rings. The van der Waals surface area contributed by atoms with Crippen molar-refractivity contribution >= 4 is 11.1 Å².